The highest BCUT2D eigenvalue weighted by Gasteiger charge is 2.22. The molecule has 0 unspecified atom stereocenters. The SMILES string of the molecule is CCCCNC(=O)C(=O)Nc1ccc(S(=O)(=O)NC(=O)C(=O)NC)cc1. The summed E-state index contributed by atoms with van der Waals surface area (Å²) in [7, 11) is -3.06. The molecule has 11 heteroatoms. The summed E-state index contributed by atoms with van der Waals surface area (Å²) in [5.74, 6) is -4.11. The summed E-state index contributed by atoms with van der Waals surface area (Å²) >= 11 is 0. The molecule has 10 nitrogen and oxygen atoms in total. The van der Waals surface area contributed by atoms with Crippen molar-refractivity contribution in [2.75, 3.05) is 18.9 Å². The van der Waals surface area contributed by atoms with Gasteiger partial charge in [0.2, 0.25) is 0 Å². The van der Waals surface area contributed by atoms with Crippen LogP contribution in [0.2, 0.25) is 0 Å². The van der Waals surface area contributed by atoms with Crippen LogP contribution in [0.1, 0.15) is 19.8 Å². The lowest BCUT2D eigenvalue weighted by Crippen LogP contribution is -2.41. The van der Waals surface area contributed by atoms with Gasteiger partial charge < -0.3 is 16.0 Å². The van der Waals surface area contributed by atoms with Crippen molar-refractivity contribution in [2.45, 2.75) is 24.7 Å². The lowest BCUT2D eigenvalue weighted by atomic mass is 10.3. The number of carbonyl (C=O) groups excluding carboxylic acids is 4. The first kappa shape index (κ1) is 21.1. The average molecular weight is 384 g/mol. The Labute approximate surface area is 150 Å². The number of benzene rings is 1. The highest BCUT2D eigenvalue weighted by Crippen LogP contribution is 2.14. The van der Waals surface area contributed by atoms with E-state index in [4.69, 9.17) is 0 Å². The van der Waals surface area contributed by atoms with Gasteiger partial charge >= 0.3 is 23.6 Å². The maximum Gasteiger partial charge on any atom is 0.322 e. The Morgan fingerprint density at radius 1 is 0.923 bits per heavy atom. The van der Waals surface area contributed by atoms with Crippen LogP contribution in [0.15, 0.2) is 29.2 Å². The molecule has 1 rings (SSSR count). The van der Waals surface area contributed by atoms with E-state index in [0.29, 0.717) is 6.54 Å². The number of sulfonamides is 1. The number of hydrogen-bond acceptors (Lipinski definition) is 6. The lowest BCUT2D eigenvalue weighted by molar-refractivity contribution is -0.137. The van der Waals surface area contributed by atoms with Crippen LogP contribution in [0.25, 0.3) is 0 Å². The van der Waals surface area contributed by atoms with Gasteiger partial charge in [0.25, 0.3) is 10.0 Å². The van der Waals surface area contributed by atoms with Crippen molar-refractivity contribution in [3.63, 3.8) is 0 Å². The predicted molar refractivity (Wildman–Crippen MR) is 92.4 cm³/mol. The second-order valence-electron chi connectivity index (χ2n) is 5.10. The van der Waals surface area contributed by atoms with Crippen LogP contribution >= 0.6 is 0 Å². The van der Waals surface area contributed by atoms with E-state index in [1.165, 1.54) is 19.2 Å². The first-order valence-corrected chi connectivity index (χ1v) is 9.17. The molecule has 1 aromatic rings. The predicted octanol–water partition coefficient (Wildman–Crippen LogP) is -0.908. The molecule has 0 aliphatic rings. The molecule has 0 atom stereocenters. The average Bonchev–Trinajstić information content (AvgIpc) is 2.61. The molecule has 0 heterocycles. The number of anilines is 1. The normalized spacial score (nSPS) is 10.5. The van der Waals surface area contributed by atoms with Gasteiger partial charge in [-0.15, -0.1) is 0 Å². The Morgan fingerprint density at radius 3 is 2.08 bits per heavy atom. The molecule has 0 aromatic heterocycles. The van der Waals surface area contributed by atoms with Crippen LogP contribution in [0.3, 0.4) is 0 Å². The van der Waals surface area contributed by atoms with Gasteiger partial charge in [-0.2, -0.15) is 0 Å². The monoisotopic (exact) mass is 384 g/mol. The lowest BCUT2D eigenvalue weighted by Gasteiger charge is -2.08. The van der Waals surface area contributed by atoms with E-state index in [2.05, 4.69) is 10.6 Å². The first-order valence-electron chi connectivity index (χ1n) is 7.69. The minimum absolute atomic E-state index is 0.192. The third-order valence-electron chi connectivity index (χ3n) is 3.10. The van der Waals surface area contributed by atoms with E-state index in [9.17, 15) is 27.6 Å². The van der Waals surface area contributed by atoms with Crippen LogP contribution in [0, 0.1) is 0 Å². The zero-order valence-corrected chi connectivity index (χ0v) is 15.1. The summed E-state index contributed by atoms with van der Waals surface area (Å²) in [6, 6.07) is 4.72. The van der Waals surface area contributed by atoms with Crippen LogP contribution in [0.4, 0.5) is 5.69 Å². The van der Waals surface area contributed by atoms with Crippen molar-refractivity contribution < 1.29 is 27.6 Å². The fraction of sp³-hybridized carbons (Fsp3) is 0.333. The third-order valence-corrected chi connectivity index (χ3v) is 4.45. The second kappa shape index (κ2) is 9.51. The van der Waals surface area contributed by atoms with E-state index < -0.39 is 33.7 Å². The Bertz CT molecular complexity index is 789. The van der Waals surface area contributed by atoms with Crippen LogP contribution in [0.5, 0.6) is 0 Å². The second-order valence-corrected chi connectivity index (χ2v) is 6.78. The number of hydrogen-bond donors (Lipinski definition) is 4. The fourth-order valence-electron chi connectivity index (χ4n) is 1.71. The molecular weight excluding hydrogens is 364 g/mol. The molecule has 1 aromatic carbocycles. The summed E-state index contributed by atoms with van der Waals surface area (Å²) in [6.45, 7) is 2.32. The molecule has 4 N–H and O–H groups in total. The number of amides is 4. The molecular formula is C15H20N4O6S. The van der Waals surface area contributed by atoms with E-state index in [1.54, 1.807) is 4.72 Å². The molecule has 0 radical (unpaired) electrons. The van der Waals surface area contributed by atoms with Crippen LogP contribution in [-0.4, -0.2) is 45.6 Å². The number of carbonyl (C=O) groups is 4. The van der Waals surface area contributed by atoms with E-state index >= 15 is 0 Å². The zero-order valence-electron chi connectivity index (χ0n) is 14.3. The standard InChI is InChI=1S/C15H20N4O6S/c1-3-4-9-17-13(21)14(22)18-10-5-7-11(8-6-10)26(24,25)19-15(23)12(20)16-2/h5-8H,3-4,9H2,1-2H3,(H,16,20)(H,17,21)(H,18,22)(H,19,23). The van der Waals surface area contributed by atoms with Gasteiger partial charge in [-0.25, -0.2) is 13.1 Å². The van der Waals surface area contributed by atoms with Crippen molar-refractivity contribution >= 4 is 39.3 Å². The number of unbranched alkanes of at least 4 members (excludes halogenated alkanes) is 1. The minimum Gasteiger partial charge on any atom is -0.351 e. The summed E-state index contributed by atoms with van der Waals surface area (Å²) in [5.41, 5.74) is 0.192. The topological polar surface area (TPSA) is 151 Å². The largest absolute Gasteiger partial charge is 0.351 e. The van der Waals surface area contributed by atoms with Gasteiger partial charge in [0.05, 0.1) is 4.90 Å². The molecule has 142 valence electrons. The van der Waals surface area contributed by atoms with Gasteiger partial charge in [-0.1, -0.05) is 13.3 Å². The molecule has 0 saturated carbocycles. The van der Waals surface area contributed by atoms with Crippen molar-refractivity contribution in [1.82, 2.24) is 15.4 Å². The maximum absolute atomic E-state index is 12.0. The van der Waals surface area contributed by atoms with E-state index in [0.717, 1.165) is 25.0 Å². The van der Waals surface area contributed by atoms with Crippen molar-refractivity contribution in [1.29, 1.82) is 0 Å². The molecule has 0 spiro atoms. The molecule has 0 aliphatic carbocycles. The van der Waals surface area contributed by atoms with Gasteiger partial charge in [-0.3, -0.25) is 19.2 Å². The van der Waals surface area contributed by atoms with Gasteiger partial charge in [0, 0.05) is 19.3 Å². The highest BCUT2D eigenvalue weighted by atomic mass is 32.2. The van der Waals surface area contributed by atoms with Gasteiger partial charge in [-0.05, 0) is 30.7 Å². The van der Waals surface area contributed by atoms with Gasteiger partial charge in [0.1, 0.15) is 0 Å². The smallest absolute Gasteiger partial charge is 0.322 e. The summed E-state index contributed by atoms with van der Waals surface area (Å²) in [4.78, 5) is 45.4. The highest BCUT2D eigenvalue weighted by molar-refractivity contribution is 7.90. The number of rotatable bonds is 6. The molecule has 0 saturated heterocycles. The van der Waals surface area contributed by atoms with Crippen molar-refractivity contribution in [3.8, 4) is 0 Å². The fourth-order valence-corrected chi connectivity index (χ4v) is 2.65. The Kier molecular flexibility index (Phi) is 7.72. The van der Waals surface area contributed by atoms with E-state index in [-0.39, 0.29) is 10.6 Å². The molecule has 4 amide bonds. The summed E-state index contributed by atoms with van der Waals surface area (Å²) in [5, 5.41) is 6.76. The minimum atomic E-state index is -4.24. The quantitative estimate of drug-likeness (QED) is 0.368. The van der Waals surface area contributed by atoms with Crippen molar-refractivity contribution in [3.05, 3.63) is 24.3 Å². The summed E-state index contributed by atoms with van der Waals surface area (Å²) in [6.07, 6.45) is 1.61. The molecule has 0 aliphatic heterocycles. The third kappa shape index (κ3) is 6.16. The van der Waals surface area contributed by atoms with Crippen molar-refractivity contribution in [2.24, 2.45) is 0 Å². The zero-order chi connectivity index (χ0) is 19.7. The van der Waals surface area contributed by atoms with E-state index in [1.807, 2.05) is 12.2 Å². The van der Waals surface area contributed by atoms with Crippen LogP contribution < -0.4 is 20.7 Å². The number of nitrogens with one attached hydrogen (secondary N) is 4. The van der Waals surface area contributed by atoms with Crippen LogP contribution in [-0.2, 0) is 29.2 Å². The first-order chi connectivity index (χ1) is 12.2. The summed E-state index contributed by atoms with van der Waals surface area (Å²) < 4.78 is 25.6. The Balaban J connectivity index is 2.73. The number of likely N-dealkylation sites (N-methyl/N-ethyl adjacent to an activating group) is 1. The maximum atomic E-state index is 12.0. The molecule has 0 bridgehead atoms. The Hall–Kier alpha value is -2.95. The molecule has 0 fully saturated rings. The molecule has 26 heavy (non-hydrogen) atoms. The Morgan fingerprint density at radius 2 is 1.54 bits per heavy atom. The van der Waals surface area contributed by atoms with Gasteiger partial charge in [0.15, 0.2) is 0 Å².